The first kappa shape index (κ1) is 31.9. The predicted molar refractivity (Wildman–Crippen MR) is 181 cm³/mol. The summed E-state index contributed by atoms with van der Waals surface area (Å²) >= 11 is 8.47. The summed E-state index contributed by atoms with van der Waals surface area (Å²) < 4.78 is 6.45. The summed E-state index contributed by atoms with van der Waals surface area (Å²) in [6.45, 7) is 2.34. The Morgan fingerprint density at radius 1 is 1.02 bits per heavy atom. The second kappa shape index (κ2) is 13.8. The number of aliphatic hydroxyl groups excluding tert-OH is 1. The number of nitrogens with zero attached hydrogens (tertiary/aromatic N) is 4. The Morgan fingerprint density at radius 3 is 2.49 bits per heavy atom. The molecule has 236 valence electrons. The van der Waals surface area contributed by atoms with Crippen molar-refractivity contribution < 1.29 is 24.4 Å². The van der Waals surface area contributed by atoms with Gasteiger partial charge in [0, 0.05) is 28.5 Å². The van der Waals surface area contributed by atoms with Crippen molar-refractivity contribution in [1.29, 1.82) is 0 Å². The van der Waals surface area contributed by atoms with Gasteiger partial charge in [0.25, 0.3) is 11.5 Å². The number of ether oxygens (including phenoxy) is 1. The summed E-state index contributed by atoms with van der Waals surface area (Å²) in [7, 11) is 0. The smallest absolute Gasteiger partial charge is 0.301 e. The van der Waals surface area contributed by atoms with Crippen molar-refractivity contribution >= 4 is 63.0 Å². The van der Waals surface area contributed by atoms with Crippen LogP contribution in [0.15, 0.2) is 107 Å². The van der Waals surface area contributed by atoms with Gasteiger partial charge >= 0.3 is 5.91 Å². The van der Waals surface area contributed by atoms with E-state index in [1.807, 2.05) is 43.3 Å². The van der Waals surface area contributed by atoms with Gasteiger partial charge in [-0.2, -0.15) is 0 Å². The molecule has 6 rings (SSSR count). The van der Waals surface area contributed by atoms with E-state index in [9.17, 15) is 24.8 Å². The van der Waals surface area contributed by atoms with Crippen LogP contribution in [0.4, 0.5) is 10.8 Å². The van der Waals surface area contributed by atoms with E-state index < -0.39 is 28.4 Å². The van der Waals surface area contributed by atoms with Crippen LogP contribution in [0.3, 0.4) is 0 Å². The van der Waals surface area contributed by atoms with E-state index in [-0.39, 0.29) is 27.5 Å². The molecular formula is C34H25ClN4O6S2. The molecule has 5 aromatic rings. The Bertz CT molecular complexity index is 2010. The monoisotopic (exact) mass is 684 g/mol. The molecule has 1 N–H and O–H groups in total. The van der Waals surface area contributed by atoms with Gasteiger partial charge in [-0.3, -0.25) is 24.6 Å². The fraction of sp³-hybridized carbons (Fsp3) is 0.118. The number of thioether (sulfide) groups is 1. The minimum absolute atomic E-state index is 0.112. The SMILES string of the molecule is Cc1ccccc1COc1ccc(C(O)=C2C(=O)C(=O)N(c3nnc(SCc4ccc(Cl)cc4)s3)C2c2cccc([N+](=O)[O-])c2)cc1. The molecule has 0 saturated carbocycles. The molecular weight excluding hydrogens is 660 g/mol. The fourth-order valence-corrected chi connectivity index (χ4v) is 6.98. The first-order valence-corrected chi connectivity index (χ1v) is 16.4. The highest BCUT2D eigenvalue weighted by Crippen LogP contribution is 2.44. The fourth-order valence-electron chi connectivity index (χ4n) is 5.04. The van der Waals surface area contributed by atoms with Crippen molar-refractivity contribution in [3.05, 3.63) is 146 Å². The van der Waals surface area contributed by atoms with Crippen LogP contribution in [0.2, 0.25) is 5.02 Å². The van der Waals surface area contributed by atoms with Crippen LogP contribution < -0.4 is 9.64 Å². The number of nitro benzene ring substituents is 1. The lowest BCUT2D eigenvalue weighted by molar-refractivity contribution is -0.384. The predicted octanol–water partition coefficient (Wildman–Crippen LogP) is 7.91. The normalized spacial score (nSPS) is 15.6. The molecule has 47 heavy (non-hydrogen) atoms. The summed E-state index contributed by atoms with van der Waals surface area (Å²) in [6.07, 6.45) is 0. The number of hydrogen-bond acceptors (Lipinski definition) is 10. The lowest BCUT2D eigenvalue weighted by Crippen LogP contribution is -2.29. The quantitative estimate of drug-likeness (QED) is 0.0296. The Morgan fingerprint density at radius 2 is 1.77 bits per heavy atom. The largest absolute Gasteiger partial charge is 0.507 e. The maximum absolute atomic E-state index is 13.6. The molecule has 13 heteroatoms. The molecule has 1 amide bonds. The number of anilines is 1. The number of amides is 1. The van der Waals surface area contributed by atoms with Gasteiger partial charge in [-0.05, 0) is 65.6 Å². The zero-order valence-electron chi connectivity index (χ0n) is 24.7. The van der Waals surface area contributed by atoms with E-state index in [4.69, 9.17) is 16.3 Å². The van der Waals surface area contributed by atoms with Crippen molar-refractivity contribution in [2.45, 2.75) is 29.7 Å². The molecule has 0 spiro atoms. The van der Waals surface area contributed by atoms with Crippen LogP contribution in [0.5, 0.6) is 5.75 Å². The molecule has 10 nitrogen and oxygen atoms in total. The van der Waals surface area contributed by atoms with Gasteiger partial charge in [0.2, 0.25) is 5.13 Å². The van der Waals surface area contributed by atoms with Gasteiger partial charge < -0.3 is 9.84 Å². The summed E-state index contributed by atoms with van der Waals surface area (Å²) in [5.41, 5.74) is 3.17. The van der Waals surface area contributed by atoms with Crippen LogP contribution in [0.1, 0.15) is 33.9 Å². The van der Waals surface area contributed by atoms with Crippen LogP contribution in [-0.4, -0.2) is 31.9 Å². The van der Waals surface area contributed by atoms with Gasteiger partial charge in [-0.1, -0.05) is 83.2 Å². The molecule has 1 aliphatic rings. The summed E-state index contributed by atoms with van der Waals surface area (Å²) in [4.78, 5) is 39.4. The average molecular weight is 685 g/mol. The number of Topliss-reactive ketones (excluding diaryl/α,β-unsaturated/α-hetero) is 1. The summed E-state index contributed by atoms with van der Waals surface area (Å²) in [6, 6.07) is 26.1. The summed E-state index contributed by atoms with van der Waals surface area (Å²) in [5, 5.41) is 32.3. The number of hydrogen-bond donors (Lipinski definition) is 1. The molecule has 0 bridgehead atoms. The number of nitro groups is 1. The number of benzene rings is 4. The minimum Gasteiger partial charge on any atom is -0.507 e. The number of non-ortho nitro benzene ring substituents is 1. The number of aryl methyl sites for hydroxylation is 1. The number of rotatable bonds is 10. The van der Waals surface area contributed by atoms with Gasteiger partial charge in [0.1, 0.15) is 18.1 Å². The molecule has 4 aromatic carbocycles. The van der Waals surface area contributed by atoms with Gasteiger partial charge in [-0.25, -0.2) is 0 Å². The van der Waals surface area contributed by atoms with Crippen molar-refractivity contribution in [3.8, 4) is 5.75 Å². The number of aliphatic hydroxyl groups is 1. The number of ketones is 1. The van der Waals surface area contributed by atoms with E-state index in [0.717, 1.165) is 32.9 Å². The number of carbonyl (C=O) groups is 2. The first-order chi connectivity index (χ1) is 22.7. The van der Waals surface area contributed by atoms with Gasteiger partial charge in [-0.15, -0.1) is 10.2 Å². The highest BCUT2D eigenvalue weighted by molar-refractivity contribution is 8.00. The molecule has 1 fully saturated rings. The molecule has 1 atom stereocenters. The zero-order valence-corrected chi connectivity index (χ0v) is 27.1. The highest BCUT2D eigenvalue weighted by atomic mass is 35.5. The van der Waals surface area contributed by atoms with E-state index in [1.165, 1.54) is 30.0 Å². The molecule has 2 heterocycles. The summed E-state index contributed by atoms with van der Waals surface area (Å²) in [5.74, 6) is -1.23. The Labute approximate surface area is 282 Å². The topological polar surface area (TPSA) is 136 Å². The maximum Gasteiger partial charge on any atom is 0.301 e. The minimum atomic E-state index is -1.20. The standard InChI is InChI=1S/C34H25ClN4O6S2/c1-20-5-2-3-6-24(20)18-45-27-15-11-22(12-16-27)30(40)28-29(23-7-4-8-26(17-23)39(43)44)38(32(42)31(28)41)33-36-37-34(47-33)46-19-21-9-13-25(35)14-10-21/h2-17,29,40H,18-19H2,1H3. The Hall–Kier alpha value is -5.04. The number of halogens is 1. The third-order valence-electron chi connectivity index (χ3n) is 7.50. The first-order valence-electron chi connectivity index (χ1n) is 14.2. The molecule has 1 aliphatic heterocycles. The van der Waals surface area contributed by atoms with E-state index in [0.29, 0.717) is 27.5 Å². The third kappa shape index (κ3) is 6.89. The van der Waals surface area contributed by atoms with E-state index in [2.05, 4.69) is 10.2 Å². The molecule has 1 aromatic heterocycles. The van der Waals surface area contributed by atoms with Crippen LogP contribution >= 0.6 is 34.7 Å². The number of aromatic nitrogens is 2. The van der Waals surface area contributed by atoms with Crippen molar-refractivity contribution in [3.63, 3.8) is 0 Å². The van der Waals surface area contributed by atoms with E-state index >= 15 is 0 Å². The lowest BCUT2D eigenvalue weighted by Gasteiger charge is -2.22. The zero-order chi connectivity index (χ0) is 33.1. The Balaban J connectivity index is 1.33. The highest BCUT2D eigenvalue weighted by Gasteiger charge is 2.48. The van der Waals surface area contributed by atoms with Gasteiger partial charge in [0.05, 0.1) is 16.5 Å². The van der Waals surface area contributed by atoms with E-state index in [1.54, 1.807) is 42.5 Å². The molecule has 0 radical (unpaired) electrons. The number of carbonyl (C=O) groups excluding carboxylic acids is 2. The van der Waals surface area contributed by atoms with Crippen molar-refractivity contribution in [2.24, 2.45) is 0 Å². The van der Waals surface area contributed by atoms with Gasteiger partial charge in [0.15, 0.2) is 4.34 Å². The average Bonchev–Trinajstić information content (AvgIpc) is 3.65. The molecule has 1 unspecified atom stereocenters. The van der Waals surface area contributed by atoms with Crippen molar-refractivity contribution in [1.82, 2.24) is 10.2 Å². The third-order valence-corrected chi connectivity index (χ3v) is 9.88. The Kier molecular flexibility index (Phi) is 9.34. The van der Waals surface area contributed by atoms with Crippen LogP contribution in [-0.2, 0) is 21.9 Å². The second-order valence-electron chi connectivity index (χ2n) is 10.5. The molecule has 0 aliphatic carbocycles. The van der Waals surface area contributed by atoms with Crippen LogP contribution in [0.25, 0.3) is 5.76 Å². The lowest BCUT2D eigenvalue weighted by atomic mass is 9.95. The maximum atomic E-state index is 13.6. The second-order valence-corrected chi connectivity index (χ2v) is 13.1. The van der Waals surface area contributed by atoms with Crippen LogP contribution in [0, 0.1) is 17.0 Å². The van der Waals surface area contributed by atoms with Crippen molar-refractivity contribution in [2.75, 3.05) is 4.90 Å². The molecule has 1 saturated heterocycles.